The predicted molar refractivity (Wildman–Crippen MR) is 102 cm³/mol. The van der Waals surface area contributed by atoms with Crippen LogP contribution in [0.25, 0.3) is 0 Å². The molecular weight excluding hydrogens is 298 g/mol. The van der Waals surface area contributed by atoms with Gasteiger partial charge >= 0.3 is 0 Å². The van der Waals surface area contributed by atoms with Gasteiger partial charge in [-0.3, -0.25) is 4.79 Å². The summed E-state index contributed by atoms with van der Waals surface area (Å²) >= 11 is 0. The number of carbonyl (C=O) groups is 1. The van der Waals surface area contributed by atoms with Crippen molar-refractivity contribution in [1.82, 2.24) is 5.32 Å². The summed E-state index contributed by atoms with van der Waals surface area (Å²) < 4.78 is 5.71. The lowest BCUT2D eigenvalue weighted by Crippen LogP contribution is -2.34. The molecular formula is C21H35NO2. The van der Waals surface area contributed by atoms with Crippen molar-refractivity contribution < 1.29 is 9.53 Å². The first kappa shape index (κ1) is 20.5. The number of hydrogen-bond acceptors (Lipinski definition) is 2. The van der Waals surface area contributed by atoms with Gasteiger partial charge in [-0.2, -0.15) is 0 Å². The Balaban J connectivity index is 2.40. The van der Waals surface area contributed by atoms with Gasteiger partial charge in [-0.05, 0) is 42.0 Å². The number of unbranched alkanes of at least 4 members (excludes halogenated alkanes) is 3. The summed E-state index contributed by atoms with van der Waals surface area (Å²) in [6.07, 6.45) is 5.90. The average Bonchev–Trinajstić information content (AvgIpc) is 2.59. The molecule has 0 aromatic heterocycles. The van der Waals surface area contributed by atoms with Crippen LogP contribution in [0, 0.1) is 11.3 Å². The van der Waals surface area contributed by atoms with Crippen LogP contribution in [0.3, 0.4) is 0 Å². The Bertz CT molecular complexity index is 479. The molecule has 1 aromatic carbocycles. The lowest BCUT2D eigenvalue weighted by molar-refractivity contribution is 0.0932. The number of ether oxygens (including phenoxy) is 1. The molecule has 1 aromatic rings. The molecule has 3 nitrogen and oxygen atoms in total. The quantitative estimate of drug-likeness (QED) is 0.547. The Morgan fingerprint density at radius 1 is 1.12 bits per heavy atom. The molecule has 0 saturated carbocycles. The molecule has 1 amide bonds. The maximum Gasteiger partial charge on any atom is 0.251 e. The predicted octanol–water partition coefficient (Wildman–Crippen LogP) is 5.45. The molecule has 0 aliphatic heterocycles. The van der Waals surface area contributed by atoms with Gasteiger partial charge in [0.1, 0.15) is 5.75 Å². The van der Waals surface area contributed by atoms with Crippen molar-refractivity contribution in [2.45, 2.75) is 66.7 Å². The van der Waals surface area contributed by atoms with Crippen LogP contribution < -0.4 is 10.1 Å². The normalized spacial score (nSPS) is 12.7. The maximum absolute atomic E-state index is 12.3. The summed E-state index contributed by atoms with van der Waals surface area (Å²) in [5.74, 6) is 1.27. The summed E-state index contributed by atoms with van der Waals surface area (Å²) in [5.41, 5.74) is 0.929. The van der Waals surface area contributed by atoms with E-state index in [1.807, 2.05) is 24.3 Å². The summed E-state index contributed by atoms with van der Waals surface area (Å²) in [6.45, 7) is 12.5. The Labute approximate surface area is 148 Å². The molecule has 1 N–H and O–H groups in total. The SMILES string of the molecule is CCCCCCOc1ccc(C(=O)NCC(C)C(C)(C)CC)cc1. The molecule has 0 radical (unpaired) electrons. The van der Waals surface area contributed by atoms with Gasteiger partial charge in [-0.25, -0.2) is 0 Å². The van der Waals surface area contributed by atoms with Gasteiger partial charge in [0.05, 0.1) is 6.61 Å². The average molecular weight is 334 g/mol. The number of hydrogen-bond donors (Lipinski definition) is 1. The second-order valence-corrected chi connectivity index (χ2v) is 7.39. The molecule has 24 heavy (non-hydrogen) atoms. The van der Waals surface area contributed by atoms with E-state index in [-0.39, 0.29) is 11.3 Å². The van der Waals surface area contributed by atoms with Crippen molar-refractivity contribution in [1.29, 1.82) is 0 Å². The van der Waals surface area contributed by atoms with Crippen molar-refractivity contribution >= 4 is 5.91 Å². The highest BCUT2D eigenvalue weighted by Crippen LogP contribution is 2.29. The minimum atomic E-state index is -0.0109. The van der Waals surface area contributed by atoms with Gasteiger partial charge in [0.25, 0.3) is 5.91 Å². The number of nitrogens with one attached hydrogen (secondary N) is 1. The van der Waals surface area contributed by atoms with E-state index in [0.717, 1.165) is 25.2 Å². The first-order valence-electron chi connectivity index (χ1n) is 9.41. The van der Waals surface area contributed by atoms with Crippen LogP contribution in [-0.2, 0) is 0 Å². The molecule has 0 fully saturated rings. The lowest BCUT2D eigenvalue weighted by Gasteiger charge is -2.30. The van der Waals surface area contributed by atoms with Crippen LogP contribution in [0.5, 0.6) is 5.75 Å². The zero-order chi connectivity index (χ0) is 18.0. The third kappa shape index (κ3) is 6.94. The van der Waals surface area contributed by atoms with Crippen LogP contribution in [0.15, 0.2) is 24.3 Å². The summed E-state index contributed by atoms with van der Waals surface area (Å²) in [4.78, 5) is 12.3. The first-order chi connectivity index (χ1) is 11.4. The standard InChI is InChI=1S/C21H35NO2/c1-6-8-9-10-15-24-19-13-11-18(12-14-19)20(23)22-16-17(3)21(4,5)7-2/h11-14,17H,6-10,15-16H2,1-5H3,(H,22,23). The largest absolute Gasteiger partial charge is 0.494 e. The third-order valence-corrected chi connectivity index (χ3v) is 5.20. The number of carbonyl (C=O) groups excluding carboxylic acids is 1. The van der Waals surface area contributed by atoms with Gasteiger partial charge in [0.2, 0.25) is 0 Å². The minimum Gasteiger partial charge on any atom is -0.494 e. The van der Waals surface area contributed by atoms with Crippen molar-refractivity contribution in [3.63, 3.8) is 0 Å². The molecule has 0 bridgehead atoms. The van der Waals surface area contributed by atoms with Crippen LogP contribution in [0.1, 0.15) is 77.1 Å². The summed E-state index contributed by atoms with van der Waals surface area (Å²) in [7, 11) is 0. The Morgan fingerprint density at radius 2 is 1.79 bits per heavy atom. The fraction of sp³-hybridized carbons (Fsp3) is 0.667. The molecule has 0 aliphatic rings. The maximum atomic E-state index is 12.3. The van der Waals surface area contributed by atoms with E-state index in [1.54, 1.807) is 0 Å². The van der Waals surface area contributed by atoms with Crippen LogP contribution in [-0.4, -0.2) is 19.1 Å². The van der Waals surface area contributed by atoms with Gasteiger partial charge in [-0.15, -0.1) is 0 Å². The van der Waals surface area contributed by atoms with E-state index in [0.29, 0.717) is 18.0 Å². The van der Waals surface area contributed by atoms with Crippen molar-refractivity contribution in [2.24, 2.45) is 11.3 Å². The highest BCUT2D eigenvalue weighted by Gasteiger charge is 2.23. The Morgan fingerprint density at radius 3 is 2.38 bits per heavy atom. The fourth-order valence-electron chi connectivity index (χ4n) is 2.39. The molecule has 0 heterocycles. The van der Waals surface area contributed by atoms with Crippen molar-refractivity contribution in [2.75, 3.05) is 13.2 Å². The molecule has 1 atom stereocenters. The van der Waals surface area contributed by atoms with E-state index >= 15 is 0 Å². The zero-order valence-electron chi connectivity index (χ0n) is 16.2. The van der Waals surface area contributed by atoms with Crippen molar-refractivity contribution in [3.05, 3.63) is 29.8 Å². The van der Waals surface area contributed by atoms with E-state index in [4.69, 9.17) is 4.74 Å². The van der Waals surface area contributed by atoms with E-state index in [2.05, 4.69) is 39.9 Å². The second kappa shape index (κ2) is 10.4. The highest BCUT2D eigenvalue weighted by atomic mass is 16.5. The molecule has 0 aliphatic carbocycles. The first-order valence-corrected chi connectivity index (χ1v) is 9.41. The molecule has 1 unspecified atom stereocenters. The molecule has 136 valence electrons. The zero-order valence-corrected chi connectivity index (χ0v) is 16.2. The second-order valence-electron chi connectivity index (χ2n) is 7.39. The van der Waals surface area contributed by atoms with Gasteiger partial charge < -0.3 is 10.1 Å². The minimum absolute atomic E-state index is 0.0109. The van der Waals surface area contributed by atoms with Crippen LogP contribution >= 0.6 is 0 Å². The fourth-order valence-corrected chi connectivity index (χ4v) is 2.39. The van der Waals surface area contributed by atoms with Gasteiger partial charge in [0.15, 0.2) is 0 Å². The van der Waals surface area contributed by atoms with Crippen LogP contribution in [0.4, 0.5) is 0 Å². The van der Waals surface area contributed by atoms with Crippen LogP contribution in [0.2, 0.25) is 0 Å². The van der Waals surface area contributed by atoms with Gasteiger partial charge in [-0.1, -0.05) is 60.3 Å². The summed E-state index contributed by atoms with van der Waals surface area (Å²) in [5, 5.41) is 3.05. The lowest BCUT2D eigenvalue weighted by atomic mass is 9.78. The van der Waals surface area contributed by atoms with Crippen molar-refractivity contribution in [3.8, 4) is 5.75 Å². The number of benzene rings is 1. The van der Waals surface area contributed by atoms with E-state index < -0.39 is 0 Å². The third-order valence-electron chi connectivity index (χ3n) is 5.20. The van der Waals surface area contributed by atoms with E-state index in [9.17, 15) is 4.79 Å². The Hall–Kier alpha value is -1.51. The highest BCUT2D eigenvalue weighted by molar-refractivity contribution is 5.94. The molecule has 3 heteroatoms. The Kier molecular flexibility index (Phi) is 8.88. The monoisotopic (exact) mass is 333 g/mol. The summed E-state index contributed by atoms with van der Waals surface area (Å²) in [6, 6.07) is 7.45. The smallest absolute Gasteiger partial charge is 0.251 e. The molecule has 0 saturated heterocycles. The van der Waals surface area contributed by atoms with E-state index in [1.165, 1.54) is 19.3 Å². The molecule has 0 spiro atoms. The number of amides is 1. The molecule has 1 rings (SSSR count). The van der Waals surface area contributed by atoms with Gasteiger partial charge in [0, 0.05) is 12.1 Å². The topological polar surface area (TPSA) is 38.3 Å². The number of rotatable bonds is 11.